The zero-order chi connectivity index (χ0) is 30.9. The largest absolute Gasteiger partial charge is 0.324 e. The van der Waals surface area contributed by atoms with Gasteiger partial charge in [0.15, 0.2) is 0 Å². The highest BCUT2D eigenvalue weighted by Gasteiger charge is 2.21. The average molecular weight is 657 g/mol. The molecule has 3 amide bonds. The molecule has 0 aliphatic carbocycles. The summed E-state index contributed by atoms with van der Waals surface area (Å²) in [5.41, 5.74) is 0.880. The predicted molar refractivity (Wildman–Crippen MR) is 173 cm³/mol. The molecule has 11 heteroatoms. The SMILES string of the molecule is CCC(Sc1cccc(NC(=O)/C(=C\c2c(F)cccc2Cl)NC(=O)c2ccccc2)c1)C(=O)Nc1ccc(Cl)cc1Cl. The highest BCUT2D eigenvalue weighted by atomic mass is 35.5. The zero-order valence-corrected chi connectivity index (χ0v) is 25.8. The van der Waals surface area contributed by atoms with Crippen LogP contribution in [0.25, 0.3) is 6.08 Å². The van der Waals surface area contributed by atoms with Crippen LogP contribution in [0, 0.1) is 5.82 Å². The summed E-state index contributed by atoms with van der Waals surface area (Å²) in [6.45, 7) is 1.88. The lowest BCUT2D eigenvalue weighted by atomic mass is 10.1. The number of benzene rings is 4. The van der Waals surface area contributed by atoms with E-state index in [9.17, 15) is 18.8 Å². The second-order valence-corrected chi connectivity index (χ2v) is 11.7. The second kappa shape index (κ2) is 15.1. The van der Waals surface area contributed by atoms with Crippen molar-refractivity contribution in [1.29, 1.82) is 0 Å². The summed E-state index contributed by atoms with van der Waals surface area (Å²) < 4.78 is 14.6. The summed E-state index contributed by atoms with van der Waals surface area (Å²) >= 11 is 19.7. The van der Waals surface area contributed by atoms with Crippen LogP contribution in [0.5, 0.6) is 0 Å². The molecule has 0 saturated heterocycles. The molecule has 1 atom stereocenters. The van der Waals surface area contributed by atoms with Gasteiger partial charge in [-0.3, -0.25) is 14.4 Å². The van der Waals surface area contributed by atoms with Crippen molar-refractivity contribution >= 4 is 81.7 Å². The van der Waals surface area contributed by atoms with E-state index < -0.39 is 22.9 Å². The van der Waals surface area contributed by atoms with Crippen molar-refractivity contribution in [1.82, 2.24) is 5.32 Å². The van der Waals surface area contributed by atoms with Gasteiger partial charge in [-0.2, -0.15) is 0 Å². The molecule has 0 radical (unpaired) electrons. The van der Waals surface area contributed by atoms with Crippen molar-refractivity contribution in [3.8, 4) is 0 Å². The summed E-state index contributed by atoms with van der Waals surface area (Å²) in [4.78, 5) is 40.0. The van der Waals surface area contributed by atoms with Gasteiger partial charge in [-0.25, -0.2) is 4.39 Å². The molecule has 1 unspecified atom stereocenters. The van der Waals surface area contributed by atoms with E-state index in [-0.39, 0.29) is 22.2 Å². The van der Waals surface area contributed by atoms with Crippen molar-refractivity contribution in [2.24, 2.45) is 0 Å². The van der Waals surface area contributed by atoms with Gasteiger partial charge in [0, 0.05) is 26.7 Å². The molecule has 4 aromatic rings. The van der Waals surface area contributed by atoms with Crippen LogP contribution in [-0.2, 0) is 9.59 Å². The predicted octanol–water partition coefficient (Wildman–Crippen LogP) is 8.70. The van der Waals surface area contributed by atoms with E-state index in [2.05, 4.69) is 16.0 Å². The van der Waals surface area contributed by atoms with Crippen LogP contribution < -0.4 is 16.0 Å². The molecule has 0 aliphatic rings. The quantitative estimate of drug-likeness (QED) is 0.118. The third-order valence-corrected chi connectivity index (χ3v) is 8.28. The molecule has 0 aliphatic heterocycles. The van der Waals surface area contributed by atoms with E-state index in [1.165, 1.54) is 36.0 Å². The van der Waals surface area contributed by atoms with Crippen LogP contribution in [0.2, 0.25) is 15.1 Å². The van der Waals surface area contributed by atoms with E-state index in [1.54, 1.807) is 72.8 Å². The lowest BCUT2D eigenvalue weighted by Crippen LogP contribution is -2.30. The Labute approximate surface area is 267 Å². The maximum absolute atomic E-state index is 14.6. The van der Waals surface area contributed by atoms with E-state index in [1.807, 2.05) is 6.92 Å². The number of hydrogen-bond donors (Lipinski definition) is 3. The number of carbonyl (C=O) groups excluding carboxylic acids is 3. The fraction of sp³-hybridized carbons (Fsp3) is 0.0938. The molecular weight excluding hydrogens is 632 g/mol. The molecule has 43 heavy (non-hydrogen) atoms. The van der Waals surface area contributed by atoms with Gasteiger partial charge in [-0.1, -0.05) is 72.1 Å². The normalized spacial score (nSPS) is 11.9. The Balaban J connectivity index is 1.53. The van der Waals surface area contributed by atoms with Gasteiger partial charge in [0.2, 0.25) is 5.91 Å². The number of carbonyl (C=O) groups is 3. The van der Waals surface area contributed by atoms with Crippen molar-refractivity contribution in [3.05, 3.63) is 129 Å². The lowest BCUT2D eigenvalue weighted by molar-refractivity contribution is -0.116. The van der Waals surface area contributed by atoms with Crippen LogP contribution >= 0.6 is 46.6 Å². The minimum Gasteiger partial charge on any atom is -0.324 e. The molecule has 0 fully saturated rings. The smallest absolute Gasteiger partial charge is 0.272 e. The van der Waals surface area contributed by atoms with Crippen molar-refractivity contribution < 1.29 is 18.8 Å². The molecule has 3 N–H and O–H groups in total. The molecule has 4 aromatic carbocycles. The van der Waals surface area contributed by atoms with Gasteiger partial charge < -0.3 is 16.0 Å². The maximum atomic E-state index is 14.6. The van der Waals surface area contributed by atoms with E-state index in [0.717, 1.165) is 0 Å². The first-order valence-electron chi connectivity index (χ1n) is 13.0. The molecule has 0 saturated carbocycles. The fourth-order valence-corrected chi connectivity index (χ4v) is 5.56. The van der Waals surface area contributed by atoms with E-state index in [0.29, 0.717) is 38.3 Å². The summed E-state index contributed by atoms with van der Waals surface area (Å²) in [5.74, 6) is -2.17. The molecule has 220 valence electrons. The van der Waals surface area contributed by atoms with Crippen molar-refractivity contribution in [2.75, 3.05) is 10.6 Å². The van der Waals surface area contributed by atoms with Crippen LogP contribution in [0.15, 0.2) is 102 Å². The third kappa shape index (κ3) is 8.84. The van der Waals surface area contributed by atoms with Crippen molar-refractivity contribution in [2.45, 2.75) is 23.5 Å². The standard InChI is InChI=1S/C32H25Cl3FN3O3S/c1-2-29(32(42)38-27-15-14-20(33)16-25(27)35)43-22-11-6-10-21(17-22)37-31(41)28(18-23-24(34)12-7-13-26(23)36)39-30(40)19-8-4-3-5-9-19/h3-18,29H,2H2,1H3,(H,37,41)(H,38,42)(H,39,40)/b28-18+. The van der Waals surface area contributed by atoms with Crippen molar-refractivity contribution in [3.63, 3.8) is 0 Å². The summed E-state index contributed by atoms with van der Waals surface area (Å²) in [5, 5.41) is 8.51. The monoisotopic (exact) mass is 655 g/mol. The van der Waals surface area contributed by atoms with E-state index >= 15 is 0 Å². The lowest BCUT2D eigenvalue weighted by Gasteiger charge is -2.16. The first kappa shape index (κ1) is 32.1. The molecule has 4 rings (SSSR count). The molecule has 0 bridgehead atoms. The van der Waals surface area contributed by atoms with Crippen LogP contribution in [0.1, 0.15) is 29.3 Å². The van der Waals surface area contributed by atoms with Gasteiger partial charge in [0.25, 0.3) is 11.8 Å². The Bertz CT molecular complexity index is 1660. The maximum Gasteiger partial charge on any atom is 0.272 e. The van der Waals surface area contributed by atoms with Crippen LogP contribution in [-0.4, -0.2) is 23.0 Å². The Kier molecular flexibility index (Phi) is 11.3. The summed E-state index contributed by atoms with van der Waals surface area (Å²) in [6.07, 6.45) is 1.70. The van der Waals surface area contributed by atoms with Gasteiger partial charge in [0.05, 0.1) is 21.0 Å². The molecule has 6 nitrogen and oxygen atoms in total. The van der Waals surface area contributed by atoms with Gasteiger partial charge in [-0.15, -0.1) is 11.8 Å². The minimum absolute atomic E-state index is 0.0513. The Morgan fingerprint density at radius 2 is 1.60 bits per heavy atom. The van der Waals surface area contributed by atoms with Gasteiger partial charge in [-0.05, 0) is 73.2 Å². The highest BCUT2D eigenvalue weighted by molar-refractivity contribution is 8.00. The number of halogens is 4. The molecule has 0 heterocycles. The Morgan fingerprint density at radius 3 is 2.30 bits per heavy atom. The molecule has 0 spiro atoms. The fourth-order valence-electron chi connectivity index (χ4n) is 3.87. The number of thioether (sulfide) groups is 1. The first-order valence-corrected chi connectivity index (χ1v) is 15.0. The molecule has 0 aromatic heterocycles. The zero-order valence-electron chi connectivity index (χ0n) is 22.7. The average Bonchev–Trinajstić information content (AvgIpc) is 2.99. The Morgan fingerprint density at radius 1 is 0.860 bits per heavy atom. The molecular formula is C32H25Cl3FN3O3S. The number of anilines is 2. The van der Waals surface area contributed by atoms with Gasteiger partial charge in [0.1, 0.15) is 11.5 Å². The topological polar surface area (TPSA) is 87.3 Å². The van der Waals surface area contributed by atoms with Crippen LogP contribution in [0.4, 0.5) is 15.8 Å². The number of hydrogen-bond acceptors (Lipinski definition) is 4. The number of nitrogens with one attached hydrogen (secondary N) is 3. The summed E-state index contributed by atoms with van der Waals surface area (Å²) in [7, 11) is 0. The number of amides is 3. The highest BCUT2D eigenvalue weighted by Crippen LogP contribution is 2.31. The first-order chi connectivity index (χ1) is 20.6. The minimum atomic E-state index is -0.701. The van der Waals surface area contributed by atoms with Crippen LogP contribution in [0.3, 0.4) is 0 Å². The van der Waals surface area contributed by atoms with Gasteiger partial charge >= 0.3 is 0 Å². The second-order valence-electron chi connectivity index (χ2n) is 9.12. The Hall–Kier alpha value is -3.82. The number of rotatable bonds is 10. The van der Waals surface area contributed by atoms with E-state index in [4.69, 9.17) is 34.8 Å². The summed E-state index contributed by atoms with van der Waals surface area (Å²) in [6, 6.07) is 24.1. The third-order valence-electron chi connectivity index (χ3n) is 6.04.